The summed E-state index contributed by atoms with van der Waals surface area (Å²) in [6.07, 6.45) is 0. The van der Waals surface area contributed by atoms with Crippen LogP contribution in [0.5, 0.6) is 0 Å². The number of non-ortho nitro benzene ring substituents is 1. The quantitative estimate of drug-likeness (QED) is 0.119. The summed E-state index contributed by atoms with van der Waals surface area (Å²) < 4.78 is 0. The van der Waals surface area contributed by atoms with E-state index in [0.717, 1.165) is 22.5 Å². The standard InChI is InChI=1S/C27H22N4O2S/c32-31(33)25-18-16-21(17-19-25)20-28-26(22-10-4-1-5-11-22)29-27(34)30(23-12-6-2-7-13-23)24-14-8-3-9-15-24/h1-19H,20H2,(H,28,29,34). The van der Waals surface area contributed by atoms with Crippen molar-refractivity contribution in [3.8, 4) is 0 Å². The van der Waals surface area contributed by atoms with E-state index in [1.807, 2.05) is 95.9 Å². The highest BCUT2D eigenvalue weighted by atomic mass is 32.1. The van der Waals surface area contributed by atoms with Gasteiger partial charge in [0.15, 0.2) is 5.11 Å². The molecular formula is C27H22N4O2S. The van der Waals surface area contributed by atoms with Crippen LogP contribution in [0.15, 0.2) is 120 Å². The molecular weight excluding hydrogens is 444 g/mol. The second kappa shape index (κ2) is 11.0. The third-order valence-electron chi connectivity index (χ3n) is 5.07. The molecule has 0 aliphatic carbocycles. The van der Waals surface area contributed by atoms with Gasteiger partial charge in [0.1, 0.15) is 5.84 Å². The average molecular weight is 467 g/mol. The third-order valence-corrected chi connectivity index (χ3v) is 5.36. The van der Waals surface area contributed by atoms with Gasteiger partial charge >= 0.3 is 0 Å². The smallest absolute Gasteiger partial charge is 0.269 e. The Balaban J connectivity index is 1.64. The largest absolute Gasteiger partial charge is 0.316 e. The van der Waals surface area contributed by atoms with Gasteiger partial charge in [-0.15, -0.1) is 0 Å². The van der Waals surface area contributed by atoms with Crippen molar-refractivity contribution in [3.05, 3.63) is 137 Å². The Morgan fingerprint density at radius 3 is 1.79 bits per heavy atom. The number of hydrogen-bond acceptors (Lipinski definition) is 4. The summed E-state index contributed by atoms with van der Waals surface area (Å²) >= 11 is 5.85. The molecule has 0 fully saturated rings. The van der Waals surface area contributed by atoms with Crippen LogP contribution in [-0.2, 0) is 6.54 Å². The predicted octanol–water partition coefficient (Wildman–Crippen LogP) is 6.25. The van der Waals surface area contributed by atoms with Crippen molar-refractivity contribution in [1.82, 2.24) is 5.32 Å². The molecule has 0 unspecified atom stereocenters. The minimum absolute atomic E-state index is 0.0525. The number of nitro benzene ring substituents is 1. The molecule has 168 valence electrons. The van der Waals surface area contributed by atoms with Crippen LogP contribution in [0.4, 0.5) is 17.1 Å². The zero-order valence-electron chi connectivity index (χ0n) is 18.2. The van der Waals surface area contributed by atoms with Crippen LogP contribution < -0.4 is 10.2 Å². The van der Waals surface area contributed by atoms with Crippen LogP contribution in [0.2, 0.25) is 0 Å². The van der Waals surface area contributed by atoms with Crippen molar-refractivity contribution in [3.63, 3.8) is 0 Å². The minimum atomic E-state index is -0.413. The van der Waals surface area contributed by atoms with Crippen LogP contribution in [0.25, 0.3) is 0 Å². The molecule has 4 aromatic rings. The van der Waals surface area contributed by atoms with E-state index in [9.17, 15) is 10.1 Å². The predicted molar refractivity (Wildman–Crippen MR) is 141 cm³/mol. The minimum Gasteiger partial charge on any atom is -0.316 e. The average Bonchev–Trinajstić information content (AvgIpc) is 2.89. The molecule has 0 amide bonds. The van der Waals surface area contributed by atoms with E-state index >= 15 is 0 Å². The van der Waals surface area contributed by atoms with E-state index in [4.69, 9.17) is 17.2 Å². The first-order chi connectivity index (χ1) is 16.6. The molecule has 0 aliphatic heterocycles. The van der Waals surface area contributed by atoms with Crippen molar-refractivity contribution < 1.29 is 4.92 Å². The van der Waals surface area contributed by atoms with Gasteiger partial charge in [-0.05, 0) is 42.0 Å². The first kappa shape index (κ1) is 22.8. The van der Waals surface area contributed by atoms with Crippen LogP contribution >= 0.6 is 12.2 Å². The number of rotatable bonds is 6. The SMILES string of the molecule is O=[N+]([O-])c1ccc(CN=C(NC(=S)N(c2ccccc2)c2ccccc2)c2ccccc2)cc1. The molecule has 4 aromatic carbocycles. The van der Waals surface area contributed by atoms with E-state index in [-0.39, 0.29) is 5.69 Å². The maximum absolute atomic E-state index is 10.9. The van der Waals surface area contributed by atoms with E-state index < -0.39 is 4.92 Å². The Morgan fingerprint density at radius 1 is 0.794 bits per heavy atom. The number of para-hydroxylation sites is 2. The lowest BCUT2D eigenvalue weighted by molar-refractivity contribution is -0.384. The fraction of sp³-hybridized carbons (Fsp3) is 0.0370. The summed E-state index contributed by atoms with van der Waals surface area (Å²) in [5, 5.41) is 14.7. The van der Waals surface area contributed by atoms with Gasteiger partial charge in [0.25, 0.3) is 5.69 Å². The molecule has 0 spiro atoms. The van der Waals surface area contributed by atoms with Crippen LogP contribution in [0.3, 0.4) is 0 Å². The monoisotopic (exact) mass is 466 g/mol. The molecule has 0 bridgehead atoms. The Labute approximate surface area is 203 Å². The number of aliphatic imine (C=N–C) groups is 1. The van der Waals surface area contributed by atoms with Gasteiger partial charge in [-0.3, -0.25) is 20.0 Å². The van der Waals surface area contributed by atoms with Gasteiger partial charge in [-0.1, -0.05) is 78.9 Å². The van der Waals surface area contributed by atoms with Gasteiger partial charge in [0.05, 0.1) is 11.5 Å². The van der Waals surface area contributed by atoms with Crippen molar-refractivity contribution >= 4 is 40.2 Å². The molecule has 0 aromatic heterocycles. The number of anilines is 2. The molecule has 0 aliphatic rings. The number of hydrogen-bond donors (Lipinski definition) is 1. The second-order valence-electron chi connectivity index (χ2n) is 7.39. The molecule has 0 saturated carbocycles. The maximum Gasteiger partial charge on any atom is 0.269 e. The number of nitrogens with zero attached hydrogens (tertiary/aromatic N) is 3. The summed E-state index contributed by atoms with van der Waals surface area (Å²) in [4.78, 5) is 17.2. The lowest BCUT2D eigenvalue weighted by Crippen LogP contribution is -2.40. The van der Waals surface area contributed by atoms with Crippen molar-refractivity contribution in [2.45, 2.75) is 6.54 Å². The lowest BCUT2D eigenvalue weighted by atomic mass is 10.2. The maximum atomic E-state index is 10.9. The Hall–Kier alpha value is -4.36. The molecule has 0 atom stereocenters. The van der Waals surface area contributed by atoms with Crippen molar-refractivity contribution in [1.29, 1.82) is 0 Å². The fourth-order valence-corrected chi connectivity index (χ4v) is 3.69. The highest BCUT2D eigenvalue weighted by Gasteiger charge is 2.17. The molecule has 1 N–H and O–H groups in total. The van der Waals surface area contributed by atoms with E-state index in [1.54, 1.807) is 12.1 Å². The van der Waals surface area contributed by atoms with Gasteiger partial charge in [0.2, 0.25) is 0 Å². The highest BCUT2D eigenvalue weighted by molar-refractivity contribution is 7.80. The van der Waals surface area contributed by atoms with Gasteiger partial charge in [0, 0.05) is 29.1 Å². The number of nitro groups is 1. The molecule has 7 heteroatoms. The first-order valence-electron chi connectivity index (χ1n) is 10.7. The molecule has 6 nitrogen and oxygen atoms in total. The summed E-state index contributed by atoms with van der Waals surface area (Å²) in [6.45, 7) is 0.342. The zero-order chi connectivity index (χ0) is 23.8. The van der Waals surface area contributed by atoms with Crippen molar-refractivity contribution in [2.24, 2.45) is 4.99 Å². The van der Waals surface area contributed by atoms with Gasteiger partial charge < -0.3 is 5.32 Å². The summed E-state index contributed by atoms with van der Waals surface area (Å²) in [5.41, 5.74) is 3.64. The third kappa shape index (κ3) is 5.70. The first-order valence-corrected chi connectivity index (χ1v) is 11.1. The Morgan fingerprint density at radius 2 is 1.29 bits per heavy atom. The summed E-state index contributed by atoms with van der Waals surface area (Å²) in [7, 11) is 0. The number of amidine groups is 1. The van der Waals surface area contributed by atoms with Crippen LogP contribution in [0.1, 0.15) is 11.1 Å². The lowest BCUT2D eigenvalue weighted by Gasteiger charge is -2.26. The zero-order valence-corrected chi connectivity index (χ0v) is 19.1. The molecule has 4 rings (SSSR count). The Kier molecular flexibility index (Phi) is 7.37. The number of nitrogens with one attached hydrogen (secondary N) is 1. The number of thiocarbonyl (C=S) groups is 1. The second-order valence-corrected chi connectivity index (χ2v) is 7.78. The van der Waals surface area contributed by atoms with Crippen LogP contribution in [0, 0.1) is 10.1 Å². The van der Waals surface area contributed by atoms with Crippen LogP contribution in [-0.4, -0.2) is 15.9 Å². The van der Waals surface area contributed by atoms with Gasteiger partial charge in [-0.2, -0.15) is 0 Å². The molecule has 0 saturated heterocycles. The molecule has 34 heavy (non-hydrogen) atoms. The Bertz CT molecular complexity index is 1240. The van der Waals surface area contributed by atoms with Crippen molar-refractivity contribution in [2.75, 3.05) is 4.90 Å². The van der Waals surface area contributed by atoms with Gasteiger partial charge in [-0.25, -0.2) is 0 Å². The molecule has 0 radical (unpaired) electrons. The van der Waals surface area contributed by atoms with E-state index in [1.165, 1.54) is 12.1 Å². The normalized spacial score (nSPS) is 11.0. The summed E-state index contributed by atoms with van der Waals surface area (Å²) in [6, 6.07) is 35.9. The highest BCUT2D eigenvalue weighted by Crippen LogP contribution is 2.25. The van der Waals surface area contributed by atoms with E-state index in [0.29, 0.717) is 17.5 Å². The fourth-order valence-electron chi connectivity index (χ4n) is 3.39. The topological polar surface area (TPSA) is 70.8 Å². The molecule has 0 heterocycles. The number of benzene rings is 4. The summed E-state index contributed by atoms with van der Waals surface area (Å²) in [5.74, 6) is 0.612. The van der Waals surface area contributed by atoms with E-state index in [2.05, 4.69) is 5.32 Å².